The maximum atomic E-state index is 6.92. The molecule has 0 radical (unpaired) electrons. The van der Waals surface area contributed by atoms with Crippen molar-refractivity contribution in [3.8, 4) is 5.75 Å². The van der Waals surface area contributed by atoms with E-state index in [0.29, 0.717) is 0 Å². The molecule has 3 nitrogen and oxygen atoms in total. The second kappa shape index (κ2) is 10.2. The van der Waals surface area contributed by atoms with Crippen molar-refractivity contribution in [3.05, 3.63) is 91.0 Å². The highest BCUT2D eigenvalue weighted by molar-refractivity contribution is 7.68. The van der Waals surface area contributed by atoms with E-state index in [1.165, 1.54) is 10.6 Å². The molecule has 156 valence electrons. The average Bonchev–Trinajstić information content (AvgIpc) is 3.15. The summed E-state index contributed by atoms with van der Waals surface area (Å²) in [4.78, 5) is 0. The van der Waals surface area contributed by atoms with Crippen LogP contribution in [0.5, 0.6) is 5.75 Å². The maximum Gasteiger partial charge on any atom is 0.154 e. The van der Waals surface area contributed by atoms with E-state index in [1.54, 1.807) is 0 Å². The summed E-state index contributed by atoms with van der Waals surface area (Å²) >= 11 is 0. The minimum atomic E-state index is -0.980. The minimum Gasteiger partial charge on any atom is -0.485 e. The quantitative estimate of drug-likeness (QED) is 0.453. The van der Waals surface area contributed by atoms with Gasteiger partial charge in [0.1, 0.15) is 11.9 Å². The number of hydrogen-bond donors (Lipinski definition) is 0. The van der Waals surface area contributed by atoms with Gasteiger partial charge in [-0.3, -0.25) is 0 Å². The minimum absolute atomic E-state index is 0.0149. The Morgan fingerprint density at radius 1 is 0.667 bits per heavy atom. The van der Waals surface area contributed by atoms with Crippen LogP contribution < -0.4 is 15.3 Å². The van der Waals surface area contributed by atoms with E-state index in [2.05, 4.69) is 62.4 Å². The highest BCUT2D eigenvalue weighted by Crippen LogP contribution is 2.42. The van der Waals surface area contributed by atoms with Crippen molar-refractivity contribution >= 4 is 18.8 Å². The zero-order chi connectivity index (χ0) is 20.8. The molecule has 0 unspecified atom stereocenters. The number of ether oxygens (including phenoxy) is 2. The maximum absolute atomic E-state index is 6.92. The smallest absolute Gasteiger partial charge is 0.154 e. The molecule has 4 rings (SSSR count). The van der Waals surface area contributed by atoms with Crippen molar-refractivity contribution in [2.75, 3.05) is 0 Å². The molecule has 0 aliphatic carbocycles. The molecule has 1 saturated heterocycles. The van der Waals surface area contributed by atoms with E-state index in [0.717, 1.165) is 18.6 Å². The molecule has 0 N–H and O–H groups in total. The Morgan fingerprint density at radius 2 is 1.13 bits per heavy atom. The van der Waals surface area contributed by atoms with Gasteiger partial charge in [-0.2, -0.15) is 0 Å². The van der Waals surface area contributed by atoms with Crippen LogP contribution in [-0.4, -0.2) is 24.4 Å². The third kappa shape index (κ3) is 4.75. The van der Waals surface area contributed by atoms with Crippen molar-refractivity contribution in [1.29, 1.82) is 0 Å². The highest BCUT2D eigenvalue weighted by Gasteiger charge is 2.47. The lowest BCUT2D eigenvalue weighted by Gasteiger charge is -2.29. The van der Waals surface area contributed by atoms with E-state index in [9.17, 15) is 0 Å². The van der Waals surface area contributed by atoms with E-state index < -0.39 is 8.15 Å². The number of para-hydroxylation sites is 1. The molecule has 30 heavy (non-hydrogen) atoms. The molecule has 0 aromatic heterocycles. The molecule has 0 amide bonds. The van der Waals surface area contributed by atoms with Gasteiger partial charge in [-0.15, -0.1) is 0 Å². The van der Waals surface area contributed by atoms with Crippen molar-refractivity contribution in [3.63, 3.8) is 0 Å². The van der Waals surface area contributed by atoms with Crippen molar-refractivity contribution < 1.29 is 14.0 Å². The molecule has 4 atom stereocenters. The fraction of sp³-hybridized carbons (Fsp3) is 0.308. The molecule has 0 spiro atoms. The Balaban J connectivity index is 1.66. The summed E-state index contributed by atoms with van der Waals surface area (Å²) in [6.07, 6.45) is 1.54. The normalized spacial score (nSPS) is 23.6. The fourth-order valence-corrected chi connectivity index (χ4v) is 5.83. The predicted molar refractivity (Wildman–Crippen MR) is 124 cm³/mol. The molecule has 1 heterocycles. The van der Waals surface area contributed by atoms with E-state index in [-0.39, 0.29) is 24.4 Å². The Hall–Kier alpha value is -2.19. The largest absolute Gasteiger partial charge is 0.485 e. The molecule has 3 aromatic rings. The van der Waals surface area contributed by atoms with Gasteiger partial charge in [-0.05, 0) is 25.0 Å². The molecule has 3 aromatic carbocycles. The monoisotopic (exact) mass is 420 g/mol. The van der Waals surface area contributed by atoms with Crippen LogP contribution in [0.4, 0.5) is 0 Å². The summed E-state index contributed by atoms with van der Waals surface area (Å²) < 4.78 is 19.8. The number of benzene rings is 3. The van der Waals surface area contributed by atoms with E-state index in [4.69, 9.17) is 14.0 Å². The topological polar surface area (TPSA) is 27.7 Å². The van der Waals surface area contributed by atoms with Crippen molar-refractivity contribution in [1.82, 2.24) is 0 Å². The first-order valence-corrected chi connectivity index (χ1v) is 12.0. The van der Waals surface area contributed by atoms with Crippen LogP contribution in [0.25, 0.3) is 0 Å². The zero-order valence-corrected chi connectivity index (χ0v) is 18.5. The SMILES string of the molecule is CC[C@H]1O[C@H](CC)[C@@H](OP(c2ccccc2)c2ccccc2)[C@@H]1Oc1ccccc1. The van der Waals surface area contributed by atoms with Crippen LogP contribution in [0, 0.1) is 0 Å². The Labute approximate surface area is 180 Å². The molecular formula is C26H29O3P. The Kier molecular flexibility index (Phi) is 7.17. The summed E-state index contributed by atoms with van der Waals surface area (Å²) in [5.74, 6) is 0.860. The fourth-order valence-electron chi connectivity index (χ4n) is 3.91. The van der Waals surface area contributed by atoms with Gasteiger partial charge in [0.25, 0.3) is 0 Å². The zero-order valence-electron chi connectivity index (χ0n) is 17.6. The number of rotatable bonds is 8. The summed E-state index contributed by atoms with van der Waals surface area (Å²) in [6, 6.07) is 31.0. The molecular weight excluding hydrogens is 391 g/mol. The van der Waals surface area contributed by atoms with Gasteiger partial charge in [-0.25, -0.2) is 0 Å². The second-order valence-electron chi connectivity index (χ2n) is 7.46. The van der Waals surface area contributed by atoms with Gasteiger partial charge in [0.15, 0.2) is 6.10 Å². The van der Waals surface area contributed by atoms with Gasteiger partial charge < -0.3 is 14.0 Å². The lowest BCUT2D eigenvalue weighted by molar-refractivity contribution is 0.0103. The Morgan fingerprint density at radius 3 is 1.63 bits per heavy atom. The molecule has 1 aliphatic heterocycles. The van der Waals surface area contributed by atoms with Gasteiger partial charge in [-0.1, -0.05) is 92.7 Å². The summed E-state index contributed by atoms with van der Waals surface area (Å²) in [5.41, 5.74) is 0. The molecule has 0 saturated carbocycles. The highest BCUT2D eigenvalue weighted by atomic mass is 31.1. The lowest BCUT2D eigenvalue weighted by Crippen LogP contribution is -2.40. The second-order valence-corrected chi connectivity index (χ2v) is 9.29. The van der Waals surface area contributed by atoms with Gasteiger partial charge in [0, 0.05) is 10.6 Å². The molecule has 1 fully saturated rings. The third-order valence-electron chi connectivity index (χ3n) is 5.43. The summed E-state index contributed by atoms with van der Waals surface area (Å²) in [7, 11) is -0.980. The van der Waals surface area contributed by atoms with Gasteiger partial charge >= 0.3 is 0 Å². The van der Waals surface area contributed by atoms with Crippen molar-refractivity contribution in [2.24, 2.45) is 0 Å². The first kappa shape index (κ1) is 21.1. The van der Waals surface area contributed by atoms with Crippen LogP contribution in [0.3, 0.4) is 0 Å². The summed E-state index contributed by atoms with van der Waals surface area (Å²) in [5, 5.41) is 2.40. The third-order valence-corrected chi connectivity index (χ3v) is 7.42. The van der Waals surface area contributed by atoms with Crippen LogP contribution in [0.1, 0.15) is 26.7 Å². The molecule has 0 bridgehead atoms. The average molecular weight is 420 g/mol. The van der Waals surface area contributed by atoms with Crippen LogP contribution in [0.2, 0.25) is 0 Å². The summed E-state index contributed by atoms with van der Waals surface area (Å²) in [6.45, 7) is 4.31. The van der Waals surface area contributed by atoms with E-state index in [1.807, 2.05) is 42.5 Å². The Bertz CT molecular complexity index is 848. The predicted octanol–water partition coefficient (Wildman–Crippen LogP) is 5.45. The van der Waals surface area contributed by atoms with Crippen molar-refractivity contribution in [2.45, 2.75) is 51.1 Å². The standard InChI is InChI=1S/C26H29O3P/c1-3-23-25(27-20-14-8-5-9-15-20)26(24(4-2)28-23)29-30(21-16-10-6-11-17-21)22-18-12-7-13-19-22/h5-19,23-26H,3-4H2,1-2H3/t23-,24-,25-,26-/m1/s1. The number of hydrogen-bond acceptors (Lipinski definition) is 3. The first-order valence-electron chi connectivity index (χ1n) is 10.7. The molecule has 4 heteroatoms. The van der Waals surface area contributed by atoms with Crippen LogP contribution in [0.15, 0.2) is 91.0 Å². The lowest BCUT2D eigenvalue weighted by atomic mass is 10.0. The molecule has 1 aliphatic rings. The van der Waals surface area contributed by atoms with Gasteiger partial charge in [0.2, 0.25) is 0 Å². The first-order chi connectivity index (χ1) is 14.8. The van der Waals surface area contributed by atoms with Crippen LogP contribution in [-0.2, 0) is 9.26 Å². The van der Waals surface area contributed by atoms with E-state index >= 15 is 0 Å². The van der Waals surface area contributed by atoms with Gasteiger partial charge in [0.05, 0.1) is 20.4 Å². The van der Waals surface area contributed by atoms with Crippen LogP contribution >= 0.6 is 8.15 Å².